The number of nitrogens with zero attached hydrogens (tertiary/aromatic N) is 5. The zero-order chi connectivity index (χ0) is 20.7. The summed E-state index contributed by atoms with van der Waals surface area (Å²) < 4.78 is 9.50. The van der Waals surface area contributed by atoms with Crippen molar-refractivity contribution >= 4 is 5.91 Å². The average molecular weight is 401 g/mol. The van der Waals surface area contributed by atoms with Gasteiger partial charge in [-0.3, -0.25) is 14.5 Å². The molecule has 5 rings (SSSR count). The standard InChI is InChI=1S/C23H23N5O2/c1-16(2)28-10-8-19-20(28)15-26(23(29)21-7-5-11-30-21)12-17-13-27(25-22(17)19)14-18-6-3-4-9-24-18/h3-11,13,16H,12,14-15H2,1-2H3. The molecule has 0 fully saturated rings. The Balaban J connectivity index is 1.57. The van der Waals surface area contributed by atoms with Gasteiger partial charge in [-0.15, -0.1) is 0 Å². The number of carbonyl (C=O) groups excluding carboxylic acids is 1. The van der Waals surface area contributed by atoms with Gasteiger partial charge >= 0.3 is 0 Å². The highest BCUT2D eigenvalue weighted by atomic mass is 16.3. The molecule has 0 bridgehead atoms. The van der Waals surface area contributed by atoms with Crippen molar-refractivity contribution in [3.63, 3.8) is 0 Å². The molecule has 0 unspecified atom stereocenters. The van der Waals surface area contributed by atoms with Crippen LogP contribution in [0.5, 0.6) is 0 Å². The number of pyridine rings is 1. The van der Waals surface area contributed by atoms with Gasteiger partial charge in [0.05, 0.1) is 37.3 Å². The average Bonchev–Trinajstić information content (AvgIpc) is 3.47. The molecule has 0 spiro atoms. The Morgan fingerprint density at radius 2 is 2.07 bits per heavy atom. The first-order valence-electron chi connectivity index (χ1n) is 10.1. The highest BCUT2D eigenvalue weighted by molar-refractivity contribution is 5.91. The monoisotopic (exact) mass is 401 g/mol. The summed E-state index contributed by atoms with van der Waals surface area (Å²) >= 11 is 0. The van der Waals surface area contributed by atoms with Crippen LogP contribution in [0.25, 0.3) is 11.3 Å². The first-order valence-corrected chi connectivity index (χ1v) is 10.1. The molecule has 0 radical (unpaired) electrons. The van der Waals surface area contributed by atoms with E-state index >= 15 is 0 Å². The van der Waals surface area contributed by atoms with E-state index in [1.807, 2.05) is 34.0 Å². The highest BCUT2D eigenvalue weighted by Crippen LogP contribution is 2.34. The van der Waals surface area contributed by atoms with Crippen molar-refractivity contribution in [3.8, 4) is 11.3 Å². The third kappa shape index (κ3) is 3.22. The zero-order valence-corrected chi connectivity index (χ0v) is 17.0. The summed E-state index contributed by atoms with van der Waals surface area (Å²) in [5.74, 6) is 0.233. The van der Waals surface area contributed by atoms with E-state index in [1.165, 1.54) is 6.26 Å². The maximum atomic E-state index is 13.1. The first-order chi connectivity index (χ1) is 14.6. The van der Waals surface area contributed by atoms with Gasteiger partial charge in [-0.1, -0.05) is 6.07 Å². The third-order valence-corrected chi connectivity index (χ3v) is 5.44. The van der Waals surface area contributed by atoms with Crippen LogP contribution in [0.3, 0.4) is 0 Å². The third-order valence-electron chi connectivity index (χ3n) is 5.44. The van der Waals surface area contributed by atoms with E-state index in [0.29, 0.717) is 25.4 Å². The van der Waals surface area contributed by atoms with Gasteiger partial charge in [0.25, 0.3) is 5.91 Å². The van der Waals surface area contributed by atoms with Gasteiger partial charge in [0, 0.05) is 41.5 Å². The molecule has 1 aliphatic rings. The largest absolute Gasteiger partial charge is 0.459 e. The zero-order valence-electron chi connectivity index (χ0n) is 17.0. The lowest BCUT2D eigenvalue weighted by molar-refractivity contribution is 0.0695. The molecule has 0 aromatic carbocycles. The molecule has 0 aliphatic carbocycles. The van der Waals surface area contributed by atoms with Gasteiger partial charge < -0.3 is 13.9 Å². The second kappa shape index (κ2) is 7.33. The van der Waals surface area contributed by atoms with Gasteiger partial charge in [0.2, 0.25) is 0 Å². The van der Waals surface area contributed by atoms with Gasteiger partial charge in [0.1, 0.15) is 0 Å². The summed E-state index contributed by atoms with van der Waals surface area (Å²) in [6, 6.07) is 11.7. The molecule has 4 aromatic rings. The molecule has 1 aliphatic heterocycles. The lowest BCUT2D eigenvalue weighted by Crippen LogP contribution is -2.30. The van der Waals surface area contributed by atoms with Crippen molar-refractivity contribution in [3.05, 3.63) is 84.0 Å². The Bertz CT molecular complexity index is 1170. The van der Waals surface area contributed by atoms with Crippen molar-refractivity contribution < 1.29 is 9.21 Å². The van der Waals surface area contributed by atoms with Crippen molar-refractivity contribution in [2.75, 3.05) is 0 Å². The Morgan fingerprint density at radius 1 is 1.17 bits per heavy atom. The Morgan fingerprint density at radius 3 is 2.80 bits per heavy atom. The fourth-order valence-corrected chi connectivity index (χ4v) is 4.03. The molecule has 7 nitrogen and oxygen atoms in total. The minimum absolute atomic E-state index is 0.118. The Hall–Kier alpha value is -3.61. The Labute approximate surface area is 174 Å². The van der Waals surface area contributed by atoms with E-state index in [2.05, 4.69) is 35.7 Å². The number of hydrogen-bond donors (Lipinski definition) is 0. The molecular weight excluding hydrogens is 378 g/mol. The van der Waals surface area contributed by atoms with Crippen molar-refractivity contribution in [2.24, 2.45) is 0 Å². The number of amides is 1. The lowest BCUT2D eigenvalue weighted by Gasteiger charge is -2.22. The van der Waals surface area contributed by atoms with Crippen molar-refractivity contribution in [2.45, 2.75) is 39.5 Å². The minimum Gasteiger partial charge on any atom is -0.459 e. The van der Waals surface area contributed by atoms with E-state index < -0.39 is 0 Å². The molecule has 152 valence electrons. The molecule has 30 heavy (non-hydrogen) atoms. The van der Waals surface area contributed by atoms with E-state index in [1.54, 1.807) is 18.3 Å². The predicted molar refractivity (Wildman–Crippen MR) is 112 cm³/mol. The predicted octanol–water partition coefficient (Wildman–Crippen LogP) is 4.12. The maximum absolute atomic E-state index is 13.1. The SMILES string of the molecule is CC(C)n1ccc2c1CN(C(=O)c1ccco1)Cc1cn(Cc3ccccn3)nc1-2. The quantitative estimate of drug-likeness (QED) is 0.516. The van der Waals surface area contributed by atoms with Crippen LogP contribution in [0.15, 0.2) is 65.7 Å². The summed E-state index contributed by atoms with van der Waals surface area (Å²) in [4.78, 5) is 19.4. The lowest BCUT2D eigenvalue weighted by atomic mass is 10.1. The first kappa shape index (κ1) is 18.4. The van der Waals surface area contributed by atoms with E-state index in [0.717, 1.165) is 28.2 Å². The smallest absolute Gasteiger partial charge is 0.290 e. The van der Waals surface area contributed by atoms with Gasteiger partial charge in [-0.2, -0.15) is 5.10 Å². The van der Waals surface area contributed by atoms with E-state index in [4.69, 9.17) is 9.52 Å². The number of furan rings is 1. The molecular formula is C23H23N5O2. The molecule has 0 saturated carbocycles. The fourth-order valence-electron chi connectivity index (χ4n) is 4.03. The van der Waals surface area contributed by atoms with Crippen LogP contribution in [0.1, 0.15) is 47.4 Å². The molecule has 1 amide bonds. The van der Waals surface area contributed by atoms with Gasteiger partial charge in [-0.25, -0.2) is 0 Å². The summed E-state index contributed by atoms with van der Waals surface area (Å²) in [5, 5.41) is 4.88. The van der Waals surface area contributed by atoms with Crippen LogP contribution in [0.2, 0.25) is 0 Å². The maximum Gasteiger partial charge on any atom is 0.290 e. The number of fused-ring (bicyclic) bond motifs is 3. The number of aromatic nitrogens is 4. The summed E-state index contributed by atoms with van der Waals surface area (Å²) in [7, 11) is 0. The fraction of sp³-hybridized carbons (Fsp3) is 0.261. The van der Waals surface area contributed by atoms with Crippen molar-refractivity contribution in [1.82, 2.24) is 24.2 Å². The summed E-state index contributed by atoms with van der Waals surface area (Å²) in [6.45, 7) is 5.86. The normalized spacial score (nSPS) is 13.2. The number of rotatable bonds is 4. The highest BCUT2D eigenvalue weighted by Gasteiger charge is 2.29. The van der Waals surface area contributed by atoms with Crippen LogP contribution in [-0.2, 0) is 19.6 Å². The topological polar surface area (TPSA) is 69.1 Å². The Kier molecular flexibility index (Phi) is 4.50. The van der Waals surface area contributed by atoms with Crippen LogP contribution < -0.4 is 0 Å². The molecule has 5 heterocycles. The molecule has 0 N–H and O–H groups in total. The summed E-state index contributed by atoms with van der Waals surface area (Å²) in [6.07, 6.45) is 7.42. The van der Waals surface area contributed by atoms with Crippen molar-refractivity contribution in [1.29, 1.82) is 0 Å². The van der Waals surface area contributed by atoms with E-state index in [9.17, 15) is 4.79 Å². The molecule has 7 heteroatoms. The second-order valence-electron chi connectivity index (χ2n) is 7.84. The molecule has 0 saturated heterocycles. The van der Waals surface area contributed by atoms with Crippen LogP contribution in [-0.4, -0.2) is 30.1 Å². The van der Waals surface area contributed by atoms with Crippen LogP contribution >= 0.6 is 0 Å². The van der Waals surface area contributed by atoms with E-state index in [-0.39, 0.29) is 11.9 Å². The summed E-state index contributed by atoms with van der Waals surface area (Å²) in [5.41, 5.74) is 5.06. The number of hydrogen-bond acceptors (Lipinski definition) is 4. The number of carbonyl (C=O) groups is 1. The van der Waals surface area contributed by atoms with Gasteiger partial charge in [0.15, 0.2) is 5.76 Å². The second-order valence-corrected chi connectivity index (χ2v) is 7.84. The molecule has 4 aromatic heterocycles. The molecule has 0 atom stereocenters. The van der Waals surface area contributed by atoms with Crippen LogP contribution in [0, 0.1) is 0 Å². The minimum atomic E-state index is -0.118. The van der Waals surface area contributed by atoms with Crippen LogP contribution in [0.4, 0.5) is 0 Å². The van der Waals surface area contributed by atoms with Gasteiger partial charge in [-0.05, 0) is 44.2 Å².